The summed E-state index contributed by atoms with van der Waals surface area (Å²) in [6.07, 6.45) is 6.84. The van der Waals surface area contributed by atoms with Crippen LogP contribution in [0.1, 0.15) is 25.3 Å². The summed E-state index contributed by atoms with van der Waals surface area (Å²) >= 11 is 2.05. The average molecular weight is 233 g/mol. The highest BCUT2D eigenvalue weighted by Crippen LogP contribution is 2.31. The third kappa shape index (κ3) is 3.39. The van der Waals surface area contributed by atoms with E-state index in [0.29, 0.717) is 4.87 Å². The molecule has 1 atom stereocenters. The highest BCUT2D eigenvalue weighted by molar-refractivity contribution is 8.00. The van der Waals surface area contributed by atoms with Gasteiger partial charge in [-0.05, 0) is 25.3 Å². The van der Waals surface area contributed by atoms with Gasteiger partial charge in [0, 0.05) is 12.3 Å². The molecule has 0 aromatic heterocycles. The molecule has 0 amide bonds. The van der Waals surface area contributed by atoms with Crippen LogP contribution in [0.25, 0.3) is 6.08 Å². The number of benzene rings is 1. The third-order valence-corrected chi connectivity index (χ3v) is 4.31. The molecule has 1 unspecified atom stereocenters. The second-order valence-electron chi connectivity index (χ2n) is 4.36. The standard InChI is InChI=1S/C14H19NS/c1-14(15-11-12-16-14)10-6-5-9-13-7-3-2-4-8-13/h2-5,7-9,15H,6,10-12H2,1H3. The highest BCUT2D eigenvalue weighted by Gasteiger charge is 2.27. The van der Waals surface area contributed by atoms with E-state index >= 15 is 0 Å². The van der Waals surface area contributed by atoms with Crippen LogP contribution in [0.15, 0.2) is 36.4 Å². The van der Waals surface area contributed by atoms with Crippen molar-refractivity contribution in [3.05, 3.63) is 42.0 Å². The predicted octanol–water partition coefficient (Wildman–Crippen LogP) is 3.53. The molecule has 2 rings (SSSR count). The molecule has 0 bridgehead atoms. The normalized spacial score (nSPS) is 25.3. The number of rotatable bonds is 4. The van der Waals surface area contributed by atoms with Gasteiger partial charge in [-0.2, -0.15) is 0 Å². The van der Waals surface area contributed by atoms with Gasteiger partial charge >= 0.3 is 0 Å². The topological polar surface area (TPSA) is 12.0 Å². The van der Waals surface area contributed by atoms with E-state index in [4.69, 9.17) is 0 Å². The van der Waals surface area contributed by atoms with Crippen molar-refractivity contribution in [3.8, 4) is 0 Å². The molecule has 1 aromatic rings. The van der Waals surface area contributed by atoms with Gasteiger partial charge in [0.15, 0.2) is 0 Å². The first kappa shape index (κ1) is 11.7. The number of hydrogen-bond donors (Lipinski definition) is 1. The quantitative estimate of drug-likeness (QED) is 0.854. The van der Waals surface area contributed by atoms with Crippen LogP contribution in [0.4, 0.5) is 0 Å². The molecule has 1 saturated heterocycles. The SMILES string of the molecule is CC1(CCC=Cc2ccccc2)NCCS1. The Kier molecular flexibility index (Phi) is 4.08. The molecule has 0 saturated carbocycles. The Labute approximate surface area is 102 Å². The summed E-state index contributed by atoms with van der Waals surface area (Å²) in [4.78, 5) is 0.307. The monoisotopic (exact) mass is 233 g/mol. The zero-order valence-electron chi connectivity index (χ0n) is 9.78. The van der Waals surface area contributed by atoms with Crippen molar-refractivity contribution in [1.29, 1.82) is 0 Å². The maximum Gasteiger partial charge on any atom is 0.0620 e. The highest BCUT2D eigenvalue weighted by atomic mass is 32.2. The maximum absolute atomic E-state index is 3.56. The Morgan fingerprint density at radius 1 is 1.38 bits per heavy atom. The van der Waals surface area contributed by atoms with Gasteiger partial charge in [-0.3, -0.25) is 0 Å². The second kappa shape index (κ2) is 5.55. The van der Waals surface area contributed by atoms with Gasteiger partial charge in [0.05, 0.1) is 4.87 Å². The van der Waals surface area contributed by atoms with E-state index in [9.17, 15) is 0 Å². The Bertz CT molecular complexity index is 339. The van der Waals surface area contributed by atoms with E-state index in [1.165, 1.54) is 17.7 Å². The molecular weight excluding hydrogens is 214 g/mol. The van der Waals surface area contributed by atoms with E-state index in [1.54, 1.807) is 0 Å². The molecule has 1 N–H and O–H groups in total. The van der Waals surface area contributed by atoms with Gasteiger partial charge in [0.25, 0.3) is 0 Å². The van der Waals surface area contributed by atoms with Crippen molar-refractivity contribution in [2.45, 2.75) is 24.6 Å². The molecule has 0 radical (unpaired) electrons. The van der Waals surface area contributed by atoms with Gasteiger partial charge in [0.1, 0.15) is 0 Å². The van der Waals surface area contributed by atoms with E-state index in [2.05, 4.69) is 54.7 Å². The third-order valence-electron chi connectivity index (χ3n) is 2.92. The fourth-order valence-electron chi connectivity index (χ4n) is 1.95. The first-order valence-corrected chi connectivity index (χ1v) is 6.88. The minimum atomic E-state index is 0.307. The summed E-state index contributed by atoms with van der Waals surface area (Å²) in [5.41, 5.74) is 1.29. The average Bonchev–Trinajstić information content (AvgIpc) is 2.74. The van der Waals surface area contributed by atoms with Crippen LogP contribution in [-0.2, 0) is 0 Å². The van der Waals surface area contributed by atoms with Gasteiger partial charge in [-0.15, -0.1) is 11.8 Å². The van der Waals surface area contributed by atoms with E-state index in [0.717, 1.165) is 13.0 Å². The van der Waals surface area contributed by atoms with Crippen molar-refractivity contribution in [1.82, 2.24) is 5.32 Å². The van der Waals surface area contributed by atoms with Crippen molar-refractivity contribution in [2.24, 2.45) is 0 Å². The molecule has 16 heavy (non-hydrogen) atoms. The number of thioether (sulfide) groups is 1. The van der Waals surface area contributed by atoms with Crippen LogP contribution in [-0.4, -0.2) is 17.2 Å². The van der Waals surface area contributed by atoms with Gasteiger partial charge in [0.2, 0.25) is 0 Å². The molecular formula is C14H19NS. The molecule has 86 valence electrons. The van der Waals surface area contributed by atoms with Crippen molar-refractivity contribution in [2.75, 3.05) is 12.3 Å². The second-order valence-corrected chi connectivity index (χ2v) is 5.96. The minimum Gasteiger partial charge on any atom is -0.302 e. The zero-order valence-corrected chi connectivity index (χ0v) is 10.6. The molecule has 1 fully saturated rings. The Balaban J connectivity index is 1.77. The van der Waals surface area contributed by atoms with Gasteiger partial charge in [-0.25, -0.2) is 0 Å². The fraction of sp³-hybridized carbons (Fsp3) is 0.429. The molecule has 2 heteroatoms. The summed E-state index contributed by atoms with van der Waals surface area (Å²) in [6.45, 7) is 3.46. The summed E-state index contributed by atoms with van der Waals surface area (Å²) < 4.78 is 0. The van der Waals surface area contributed by atoms with E-state index < -0.39 is 0 Å². The predicted molar refractivity (Wildman–Crippen MR) is 73.6 cm³/mol. The Hall–Kier alpha value is -0.730. The smallest absolute Gasteiger partial charge is 0.0620 e. The molecule has 1 aliphatic rings. The van der Waals surface area contributed by atoms with Crippen molar-refractivity contribution < 1.29 is 0 Å². The first-order valence-electron chi connectivity index (χ1n) is 5.89. The molecule has 0 aliphatic carbocycles. The maximum atomic E-state index is 3.56. The Morgan fingerprint density at radius 2 is 2.19 bits per heavy atom. The van der Waals surface area contributed by atoms with Crippen LogP contribution >= 0.6 is 11.8 Å². The largest absolute Gasteiger partial charge is 0.302 e. The lowest BCUT2D eigenvalue weighted by atomic mass is 10.1. The van der Waals surface area contributed by atoms with Crippen LogP contribution in [0.2, 0.25) is 0 Å². The fourth-order valence-corrected chi connectivity index (χ4v) is 3.07. The van der Waals surface area contributed by atoms with Crippen LogP contribution in [0.3, 0.4) is 0 Å². The van der Waals surface area contributed by atoms with Crippen LogP contribution in [0, 0.1) is 0 Å². The van der Waals surface area contributed by atoms with E-state index in [-0.39, 0.29) is 0 Å². The minimum absolute atomic E-state index is 0.307. The summed E-state index contributed by atoms with van der Waals surface area (Å²) in [7, 11) is 0. The zero-order chi connectivity index (χ0) is 11.3. The van der Waals surface area contributed by atoms with Crippen molar-refractivity contribution >= 4 is 17.8 Å². The van der Waals surface area contributed by atoms with Gasteiger partial charge in [-0.1, -0.05) is 42.5 Å². The molecule has 1 aromatic carbocycles. The lowest BCUT2D eigenvalue weighted by molar-refractivity contribution is 0.511. The number of nitrogens with one attached hydrogen (secondary N) is 1. The first-order chi connectivity index (χ1) is 7.79. The van der Waals surface area contributed by atoms with Crippen LogP contribution < -0.4 is 5.32 Å². The van der Waals surface area contributed by atoms with Crippen LogP contribution in [0.5, 0.6) is 0 Å². The van der Waals surface area contributed by atoms with Crippen molar-refractivity contribution in [3.63, 3.8) is 0 Å². The lowest BCUT2D eigenvalue weighted by Crippen LogP contribution is -2.33. The van der Waals surface area contributed by atoms with Gasteiger partial charge < -0.3 is 5.32 Å². The summed E-state index contributed by atoms with van der Waals surface area (Å²) in [5, 5.41) is 3.56. The Morgan fingerprint density at radius 3 is 2.88 bits per heavy atom. The molecule has 1 aliphatic heterocycles. The number of hydrogen-bond acceptors (Lipinski definition) is 2. The lowest BCUT2D eigenvalue weighted by Gasteiger charge is -2.22. The molecule has 1 heterocycles. The summed E-state index contributed by atoms with van der Waals surface area (Å²) in [6, 6.07) is 10.5. The molecule has 1 nitrogen and oxygen atoms in total. The molecule has 0 spiro atoms. The summed E-state index contributed by atoms with van der Waals surface area (Å²) in [5.74, 6) is 1.25. The number of allylic oxidation sites excluding steroid dienone is 1. The van der Waals surface area contributed by atoms with E-state index in [1.807, 2.05) is 11.8 Å².